The summed E-state index contributed by atoms with van der Waals surface area (Å²) in [4.78, 5) is 11.9. The lowest BCUT2D eigenvalue weighted by Crippen LogP contribution is -2.45. The number of ether oxygens (including phenoxy) is 1. The molecule has 26 heavy (non-hydrogen) atoms. The number of carbonyl (C=O) groups excluding carboxylic acids is 1. The smallest absolute Gasteiger partial charge is 0.434 e. The average molecular weight is 401 g/mol. The molecule has 0 fully saturated rings. The molecule has 2 aromatic carbocycles. The van der Waals surface area contributed by atoms with E-state index in [0.717, 1.165) is 24.3 Å². The second kappa shape index (κ2) is 7.11. The first-order valence-corrected chi connectivity index (χ1v) is 7.54. The lowest BCUT2D eigenvalue weighted by Gasteiger charge is -2.23. The Bertz CT molecular complexity index is 834. The maximum absolute atomic E-state index is 12.5. The van der Waals surface area contributed by atoms with Gasteiger partial charge in [-0.1, -0.05) is 12.1 Å². The van der Waals surface area contributed by atoms with Crippen LogP contribution in [0, 0.1) is 0 Å². The molecule has 0 saturated carbocycles. The van der Waals surface area contributed by atoms with Crippen molar-refractivity contribution < 1.29 is 48.8 Å². The van der Waals surface area contributed by atoms with E-state index in [9.17, 15) is 39.9 Å². The largest absolute Gasteiger partial charge is 0.740 e. The molecule has 0 saturated heterocycles. The van der Waals surface area contributed by atoms with Crippen LogP contribution in [0.4, 0.5) is 26.3 Å². The quantitative estimate of drug-likeness (QED) is 0.444. The van der Waals surface area contributed by atoms with E-state index in [0.29, 0.717) is 0 Å². The number of benzene rings is 2. The zero-order valence-electron chi connectivity index (χ0n) is 12.3. The molecule has 0 N–H and O–H groups in total. The van der Waals surface area contributed by atoms with E-state index in [1.165, 1.54) is 12.1 Å². The highest BCUT2D eigenvalue weighted by Crippen LogP contribution is 2.36. The van der Waals surface area contributed by atoms with E-state index in [1.807, 2.05) is 0 Å². The summed E-state index contributed by atoms with van der Waals surface area (Å²) in [5.74, 6) is -2.00. The van der Waals surface area contributed by atoms with Gasteiger partial charge in [-0.05, 0) is 35.0 Å². The van der Waals surface area contributed by atoms with Gasteiger partial charge in [0.25, 0.3) is 6.10 Å². The van der Waals surface area contributed by atoms with Crippen molar-refractivity contribution in [2.24, 2.45) is 0 Å². The summed E-state index contributed by atoms with van der Waals surface area (Å²) in [6, 6.07) is 6.79. The summed E-state index contributed by atoms with van der Waals surface area (Å²) in [5.41, 5.74) is -0.559. The topological polar surface area (TPSA) is 75.7 Å². The summed E-state index contributed by atoms with van der Waals surface area (Å²) < 4.78 is 104. The van der Waals surface area contributed by atoms with Crippen LogP contribution in [0.1, 0.15) is 10.4 Å². The second-order valence-corrected chi connectivity index (χ2v) is 5.42. The predicted octanol–water partition coefficient (Wildman–Crippen LogP) is 3.66. The fourth-order valence-electron chi connectivity index (χ4n) is 2.06. The van der Waals surface area contributed by atoms with Crippen LogP contribution >= 0.6 is 0 Å². The van der Waals surface area contributed by atoms with Crippen molar-refractivity contribution in [1.82, 2.24) is 0 Å². The highest BCUT2D eigenvalue weighted by atomic mass is 32.2. The van der Waals surface area contributed by atoms with Crippen LogP contribution in [-0.2, 0) is 16.1 Å². The number of alkyl halides is 6. The van der Waals surface area contributed by atoms with Crippen molar-refractivity contribution in [2.75, 3.05) is 0 Å². The summed E-state index contributed by atoms with van der Waals surface area (Å²) in [5, 5.41) is 0.0857. The number of hydrogen-bond donors (Lipinski definition) is 0. The molecule has 2 aromatic rings. The minimum absolute atomic E-state index is 0.0513. The summed E-state index contributed by atoms with van der Waals surface area (Å²) in [6.07, 6.45) is -15.9. The Balaban J connectivity index is 2.40. The van der Waals surface area contributed by atoms with Gasteiger partial charge in [-0.15, -0.1) is 0 Å². The van der Waals surface area contributed by atoms with E-state index in [1.54, 1.807) is 0 Å². The van der Waals surface area contributed by atoms with Crippen LogP contribution in [0.15, 0.2) is 36.4 Å². The van der Waals surface area contributed by atoms with Crippen molar-refractivity contribution in [1.29, 1.82) is 0 Å². The molecule has 0 radical (unpaired) electrons. The van der Waals surface area contributed by atoms with Crippen molar-refractivity contribution in [2.45, 2.75) is 18.5 Å². The Morgan fingerprint density at radius 2 is 1.65 bits per heavy atom. The Hall–Kier alpha value is -2.34. The average Bonchev–Trinajstić information content (AvgIpc) is 2.48. The Kier molecular flexibility index (Phi) is 5.47. The lowest BCUT2D eigenvalue weighted by atomic mass is 10.0. The Labute approximate surface area is 144 Å². The molecule has 0 heterocycles. The second-order valence-electron chi connectivity index (χ2n) is 4.84. The number of carbonyl (C=O) groups is 1. The van der Waals surface area contributed by atoms with Gasteiger partial charge in [-0.25, -0.2) is 9.00 Å². The zero-order chi connectivity index (χ0) is 19.7. The summed E-state index contributed by atoms with van der Waals surface area (Å²) >= 11 is -2.89. The minimum Gasteiger partial charge on any atom is -0.740 e. The molecule has 2 rings (SSSR count). The van der Waals surface area contributed by atoms with Gasteiger partial charge in [-0.3, -0.25) is 0 Å². The SMILES string of the molecule is O=C(OC(C(F)(F)F)C(F)(F)F)c1cccc2cc(OS(=O)[O-])ccc12. The van der Waals surface area contributed by atoms with Crippen molar-refractivity contribution in [3.63, 3.8) is 0 Å². The molecule has 1 atom stereocenters. The minimum atomic E-state index is -5.84. The van der Waals surface area contributed by atoms with Crippen LogP contribution < -0.4 is 4.18 Å². The van der Waals surface area contributed by atoms with E-state index < -0.39 is 41.4 Å². The van der Waals surface area contributed by atoms with Crippen molar-refractivity contribution >= 4 is 28.1 Å². The van der Waals surface area contributed by atoms with Gasteiger partial charge in [-0.2, -0.15) is 26.3 Å². The molecule has 0 aromatic heterocycles. The Morgan fingerprint density at radius 1 is 1.04 bits per heavy atom. The van der Waals surface area contributed by atoms with E-state index in [-0.39, 0.29) is 16.5 Å². The third-order valence-corrected chi connectivity index (χ3v) is 3.38. The maximum atomic E-state index is 12.5. The maximum Gasteiger partial charge on any atom is 0.434 e. The fourth-order valence-corrected chi connectivity index (χ4v) is 2.32. The van der Waals surface area contributed by atoms with E-state index >= 15 is 0 Å². The molecular formula is C14H7F6O5S-. The predicted molar refractivity (Wildman–Crippen MR) is 74.8 cm³/mol. The first-order chi connectivity index (χ1) is 11.9. The fraction of sp³-hybridized carbons (Fsp3) is 0.214. The molecule has 0 aliphatic carbocycles. The van der Waals surface area contributed by atoms with Gasteiger partial charge < -0.3 is 13.5 Å². The lowest BCUT2D eigenvalue weighted by molar-refractivity contribution is -0.307. The molecule has 12 heteroatoms. The van der Waals surface area contributed by atoms with Crippen LogP contribution in [0.5, 0.6) is 5.75 Å². The van der Waals surface area contributed by atoms with Gasteiger partial charge in [0, 0.05) is 0 Å². The van der Waals surface area contributed by atoms with Crippen LogP contribution in [0.25, 0.3) is 10.8 Å². The molecule has 142 valence electrons. The standard InChI is InChI=1S/C14H8F6O5S/c15-13(16,17)12(14(18,19)20)24-11(21)10-3-1-2-7-6-8(25-26(22)23)4-5-9(7)10/h1-6,12H,(H,22,23)/p-1. The molecule has 1 unspecified atom stereocenters. The number of esters is 1. The van der Waals surface area contributed by atoms with E-state index in [2.05, 4.69) is 8.92 Å². The van der Waals surface area contributed by atoms with Crippen LogP contribution in [0.3, 0.4) is 0 Å². The first-order valence-electron chi connectivity index (χ1n) is 6.54. The van der Waals surface area contributed by atoms with Crippen molar-refractivity contribution in [3.8, 4) is 5.75 Å². The van der Waals surface area contributed by atoms with Gasteiger partial charge in [0.1, 0.15) is 17.1 Å². The van der Waals surface area contributed by atoms with Gasteiger partial charge >= 0.3 is 18.3 Å². The highest BCUT2D eigenvalue weighted by Gasteiger charge is 2.60. The molecule has 0 aliphatic heterocycles. The summed E-state index contributed by atoms with van der Waals surface area (Å²) in [7, 11) is 0. The van der Waals surface area contributed by atoms with Gasteiger partial charge in [0.05, 0.1) is 5.56 Å². The summed E-state index contributed by atoms with van der Waals surface area (Å²) in [6.45, 7) is 0. The normalized spacial score (nSPS) is 13.7. The zero-order valence-corrected chi connectivity index (χ0v) is 13.1. The number of rotatable bonds is 4. The monoisotopic (exact) mass is 401 g/mol. The van der Waals surface area contributed by atoms with E-state index in [4.69, 9.17) is 0 Å². The Morgan fingerprint density at radius 3 is 2.19 bits per heavy atom. The molecule has 0 amide bonds. The first kappa shape index (κ1) is 20.0. The van der Waals surface area contributed by atoms with Crippen LogP contribution in [-0.4, -0.2) is 33.2 Å². The van der Waals surface area contributed by atoms with Crippen molar-refractivity contribution in [3.05, 3.63) is 42.0 Å². The number of fused-ring (bicyclic) bond motifs is 1. The molecular weight excluding hydrogens is 394 g/mol. The molecule has 0 aliphatic rings. The van der Waals surface area contributed by atoms with Gasteiger partial charge in [0.2, 0.25) is 0 Å². The number of halogens is 6. The molecule has 5 nitrogen and oxygen atoms in total. The molecule has 0 bridgehead atoms. The number of hydrogen-bond acceptors (Lipinski definition) is 5. The van der Waals surface area contributed by atoms with Gasteiger partial charge in [0.15, 0.2) is 0 Å². The highest BCUT2D eigenvalue weighted by molar-refractivity contribution is 7.74. The third-order valence-electron chi connectivity index (χ3n) is 3.06. The van der Waals surface area contributed by atoms with Crippen LogP contribution in [0.2, 0.25) is 0 Å². The molecule has 0 spiro atoms. The third kappa shape index (κ3) is 4.64.